The lowest BCUT2D eigenvalue weighted by atomic mass is 9.90. The Morgan fingerprint density at radius 1 is 0.739 bits per heavy atom. The van der Waals surface area contributed by atoms with E-state index < -0.39 is 11.9 Å². The summed E-state index contributed by atoms with van der Waals surface area (Å²) in [7, 11) is 1.07. The number of benzene rings is 1. The fourth-order valence-electron chi connectivity index (χ4n) is 1.85. The predicted octanol–water partition coefficient (Wildman–Crippen LogP) is -0.606. The summed E-state index contributed by atoms with van der Waals surface area (Å²) in [5.74, 6) is -1.60. The molecule has 0 aromatic heterocycles. The summed E-state index contributed by atoms with van der Waals surface area (Å²) in [5, 5.41) is 27.4. The largest absolute Gasteiger partial charge is 0.724 e. The minimum Gasteiger partial charge on any atom is -0.724 e. The molecular weight excluding hydrogens is 308 g/mol. The van der Waals surface area contributed by atoms with Gasteiger partial charge in [0, 0.05) is 14.0 Å². The Kier molecular flexibility index (Phi) is 11.7. The highest BCUT2D eigenvalue weighted by atomic mass is 17.1. The molecule has 0 unspecified atom stereocenters. The van der Waals surface area contributed by atoms with Crippen LogP contribution in [0.15, 0.2) is 0 Å². The van der Waals surface area contributed by atoms with Crippen LogP contribution < -0.4 is 15.8 Å². The van der Waals surface area contributed by atoms with Crippen molar-refractivity contribution in [3.63, 3.8) is 0 Å². The van der Waals surface area contributed by atoms with E-state index in [4.69, 9.17) is 10.5 Å². The van der Waals surface area contributed by atoms with Crippen LogP contribution in [-0.2, 0) is 19.5 Å². The zero-order valence-electron chi connectivity index (χ0n) is 14.3. The van der Waals surface area contributed by atoms with Gasteiger partial charge in [0.25, 0.3) is 5.97 Å². The Morgan fingerprint density at radius 2 is 1.00 bits per heavy atom. The molecule has 0 atom stereocenters. The van der Waals surface area contributed by atoms with Crippen molar-refractivity contribution in [1.82, 2.24) is 0 Å². The highest BCUT2D eigenvalue weighted by molar-refractivity contribution is 5.93. The van der Waals surface area contributed by atoms with E-state index in [1.807, 2.05) is 34.6 Å². The molecule has 1 aromatic carbocycles. The molecule has 0 aliphatic heterocycles. The van der Waals surface area contributed by atoms with Crippen LogP contribution in [0.2, 0.25) is 0 Å². The lowest BCUT2D eigenvalue weighted by Crippen LogP contribution is -2.18. The molecule has 0 aliphatic carbocycles. The molecule has 1 aromatic rings. The van der Waals surface area contributed by atoms with E-state index in [1.165, 1.54) is 0 Å². The maximum atomic E-state index is 11.3. The lowest BCUT2D eigenvalue weighted by Gasteiger charge is -2.18. The number of hydrogen-bond donors (Lipinski definition) is 0. The molecule has 0 saturated carbocycles. The second-order valence-electron chi connectivity index (χ2n) is 4.61. The topological polar surface area (TPSA) is 131 Å². The van der Waals surface area contributed by atoms with E-state index in [-0.39, 0.29) is 0 Å². The SMILES string of the molecule is CC(=O)O[O-].CO[O-].Cc1c(C)c(C)c(C(=O)O[O-])c(C)c1C. The van der Waals surface area contributed by atoms with Gasteiger partial charge in [0.05, 0.1) is 5.56 Å². The van der Waals surface area contributed by atoms with Gasteiger partial charge >= 0.3 is 5.97 Å². The summed E-state index contributed by atoms with van der Waals surface area (Å²) in [4.78, 5) is 30.0. The summed E-state index contributed by atoms with van der Waals surface area (Å²) < 4.78 is 0. The Bertz CT molecular complexity index is 508. The van der Waals surface area contributed by atoms with Crippen LogP contribution in [0.4, 0.5) is 0 Å². The van der Waals surface area contributed by atoms with Gasteiger partial charge in [-0.05, 0) is 62.4 Å². The zero-order chi connectivity index (χ0) is 18.7. The molecule has 132 valence electrons. The molecule has 23 heavy (non-hydrogen) atoms. The van der Waals surface area contributed by atoms with E-state index in [1.54, 1.807) is 0 Å². The van der Waals surface area contributed by atoms with Crippen LogP contribution in [0.3, 0.4) is 0 Å². The fraction of sp³-hybridized carbons (Fsp3) is 0.467. The van der Waals surface area contributed by atoms with Crippen molar-refractivity contribution in [3.8, 4) is 0 Å². The summed E-state index contributed by atoms with van der Waals surface area (Å²) in [6, 6.07) is 0. The van der Waals surface area contributed by atoms with E-state index in [2.05, 4.69) is 14.7 Å². The second-order valence-corrected chi connectivity index (χ2v) is 4.61. The van der Waals surface area contributed by atoms with Crippen LogP contribution >= 0.6 is 0 Å². The Balaban J connectivity index is 0. The zero-order valence-corrected chi connectivity index (χ0v) is 14.3. The Labute approximate surface area is 135 Å². The maximum absolute atomic E-state index is 11.3. The lowest BCUT2D eigenvalue weighted by molar-refractivity contribution is -0.679. The van der Waals surface area contributed by atoms with Gasteiger partial charge in [-0.2, -0.15) is 0 Å². The van der Waals surface area contributed by atoms with Gasteiger partial charge in [-0.25, -0.2) is 4.79 Å². The van der Waals surface area contributed by atoms with Crippen molar-refractivity contribution in [2.24, 2.45) is 0 Å². The van der Waals surface area contributed by atoms with Gasteiger partial charge in [0.15, 0.2) is 0 Å². The molecule has 0 bridgehead atoms. The Hall–Kier alpha value is -2.00. The molecule has 8 nitrogen and oxygen atoms in total. The van der Waals surface area contributed by atoms with Gasteiger partial charge in [0.2, 0.25) is 0 Å². The molecule has 0 heterocycles. The molecule has 0 fully saturated rings. The third-order valence-electron chi connectivity index (χ3n) is 3.40. The molecule has 0 spiro atoms. The van der Waals surface area contributed by atoms with Crippen molar-refractivity contribution in [1.29, 1.82) is 0 Å². The first-order valence-electron chi connectivity index (χ1n) is 6.47. The highest BCUT2D eigenvalue weighted by Gasteiger charge is 2.17. The van der Waals surface area contributed by atoms with E-state index in [0.717, 1.165) is 41.9 Å². The van der Waals surface area contributed by atoms with Gasteiger partial charge < -0.3 is 30.4 Å². The van der Waals surface area contributed by atoms with Crippen LogP contribution in [0.1, 0.15) is 45.1 Å². The molecule has 0 aliphatic rings. The van der Waals surface area contributed by atoms with Crippen molar-refractivity contribution in [2.45, 2.75) is 41.5 Å². The number of hydrogen-bond acceptors (Lipinski definition) is 8. The van der Waals surface area contributed by atoms with E-state index in [0.29, 0.717) is 5.56 Å². The molecule has 0 radical (unpaired) electrons. The standard InChI is InChI=1S/C12H16O3.C2H4O3.CH4O2/c1-6-7(2)9(4)11(12(13)15-14)10(5)8(6)3;1-2(3)5-4;1-3-2/h14H,1-5H3;4H,1H3;2H,1H3/p-3. The minimum atomic E-state index is -0.801. The smallest absolute Gasteiger partial charge is 0.332 e. The quantitative estimate of drug-likeness (QED) is 0.492. The minimum absolute atomic E-state index is 0.408. The van der Waals surface area contributed by atoms with Gasteiger partial charge in [-0.3, -0.25) is 4.79 Å². The molecule has 0 N–H and O–H groups in total. The normalized spacial score (nSPS) is 8.96. The molecule has 8 heteroatoms. The Morgan fingerprint density at radius 3 is 1.22 bits per heavy atom. The van der Waals surface area contributed by atoms with Gasteiger partial charge in [-0.15, -0.1) is 0 Å². The average Bonchev–Trinajstić information content (AvgIpc) is 2.52. The summed E-state index contributed by atoms with van der Waals surface area (Å²) >= 11 is 0. The van der Waals surface area contributed by atoms with E-state index >= 15 is 0 Å². The first kappa shape index (κ1) is 23.3. The molecule has 0 saturated heterocycles. The summed E-state index contributed by atoms with van der Waals surface area (Å²) in [5.41, 5.74) is 5.31. The van der Waals surface area contributed by atoms with Crippen molar-refractivity contribution in [3.05, 3.63) is 33.4 Å². The molecule has 1 rings (SSSR count). The monoisotopic (exact) mass is 329 g/mol. The van der Waals surface area contributed by atoms with Crippen molar-refractivity contribution in [2.75, 3.05) is 7.11 Å². The average molecular weight is 329 g/mol. The maximum Gasteiger partial charge on any atom is 0.332 e. The number of carbonyl (C=O) groups is 2. The molecular formula is C15H21O8-3. The second kappa shape index (κ2) is 11.6. The van der Waals surface area contributed by atoms with Crippen LogP contribution in [0.5, 0.6) is 0 Å². The third-order valence-corrected chi connectivity index (χ3v) is 3.40. The van der Waals surface area contributed by atoms with Crippen LogP contribution in [-0.4, -0.2) is 19.0 Å². The number of rotatable bonds is 1. The molecule has 0 amide bonds. The van der Waals surface area contributed by atoms with Gasteiger partial charge in [0.1, 0.15) is 0 Å². The van der Waals surface area contributed by atoms with Gasteiger partial charge in [-0.1, -0.05) is 0 Å². The predicted molar refractivity (Wildman–Crippen MR) is 74.3 cm³/mol. The van der Waals surface area contributed by atoms with Crippen molar-refractivity contribution >= 4 is 11.9 Å². The fourth-order valence-corrected chi connectivity index (χ4v) is 1.85. The van der Waals surface area contributed by atoms with Crippen molar-refractivity contribution < 1.29 is 40.0 Å². The summed E-state index contributed by atoms with van der Waals surface area (Å²) in [6.45, 7) is 10.6. The van der Waals surface area contributed by atoms with Crippen LogP contribution in [0.25, 0.3) is 0 Å². The third kappa shape index (κ3) is 7.20. The highest BCUT2D eigenvalue weighted by Crippen LogP contribution is 2.26. The van der Waals surface area contributed by atoms with Crippen LogP contribution in [0, 0.1) is 34.6 Å². The van der Waals surface area contributed by atoms with E-state index in [9.17, 15) is 14.8 Å². The summed E-state index contributed by atoms with van der Waals surface area (Å²) in [6.07, 6.45) is 0. The number of carbonyl (C=O) groups excluding carboxylic acids is 2. The first-order chi connectivity index (χ1) is 10.6. The first-order valence-corrected chi connectivity index (χ1v) is 6.47.